The Balaban J connectivity index is 2.11. The van der Waals surface area contributed by atoms with Gasteiger partial charge in [-0.25, -0.2) is 8.78 Å². The summed E-state index contributed by atoms with van der Waals surface area (Å²) in [4.78, 5) is 11.9. The first-order valence-electron chi connectivity index (χ1n) is 6.15. The van der Waals surface area contributed by atoms with Gasteiger partial charge in [0.15, 0.2) is 0 Å². The molecular weight excluding hydrogens is 262 g/mol. The molecule has 3 N–H and O–H groups in total. The van der Waals surface area contributed by atoms with Crippen molar-refractivity contribution >= 4 is 11.6 Å². The molecule has 0 heterocycles. The van der Waals surface area contributed by atoms with Crippen LogP contribution < -0.4 is 11.1 Å². The standard InChI is InChI=1S/C15H14F2N2O/c16-11-3-6-13(14(17)9-11)15(20)19-12-4-1-10(2-5-12)7-8-18/h1-6,9H,7-8,18H2,(H,19,20). The van der Waals surface area contributed by atoms with E-state index < -0.39 is 17.5 Å². The van der Waals surface area contributed by atoms with E-state index in [0.29, 0.717) is 18.3 Å². The molecule has 5 heteroatoms. The summed E-state index contributed by atoms with van der Waals surface area (Å²) in [5.74, 6) is -2.22. The van der Waals surface area contributed by atoms with Gasteiger partial charge in [0, 0.05) is 11.8 Å². The summed E-state index contributed by atoms with van der Waals surface area (Å²) < 4.78 is 26.2. The maximum atomic E-state index is 13.5. The average molecular weight is 276 g/mol. The molecule has 0 atom stereocenters. The zero-order valence-electron chi connectivity index (χ0n) is 10.7. The second-order valence-corrected chi connectivity index (χ2v) is 4.31. The Bertz CT molecular complexity index is 612. The third-order valence-corrected chi connectivity index (χ3v) is 2.82. The predicted molar refractivity (Wildman–Crippen MR) is 73.5 cm³/mol. The summed E-state index contributed by atoms with van der Waals surface area (Å²) in [5, 5.41) is 2.56. The number of amides is 1. The third-order valence-electron chi connectivity index (χ3n) is 2.82. The average Bonchev–Trinajstić information content (AvgIpc) is 2.41. The molecule has 0 saturated heterocycles. The maximum Gasteiger partial charge on any atom is 0.258 e. The molecule has 0 unspecified atom stereocenters. The van der Waals surface area contributed by atoms with E-state index in [0.717, 1.165) is 24.1 Å². The molecule has 0 aliphatic heterocycles. The van der Waals surface area contributed by atoms with Gasteiger partial charge < -0.3 is 11.1 Å². The second-order valence-electron chi connectivity index (χ2n) is 4.31. The van der Waals surface area contributed by atoms with Crippen molar-refractivity contribution < 1.29 is 13.6 Å². The van der Waals surface area contributed by atoms with Crippen LogP contribution in [0.2, 0.25) is 0 Å². The molecule has 3 nitrogen and oxygen atoms in total. The predicted octanol–water partition coefficient (Wildman–Crippen LogP) is 2.72. The van der Waals surface area contributed by atoms with Gasteiger partial charge >= 0.3 is 0 Å². The molecule has 0 saturated carbocycles. The van der Waals surface area contributed by atoms with Crippen molar-refractivity contribution in [1.29, 1.82) is 0 Å². The summed E-state index contributed by atoms with van der Waals surface area (Å²) >= 11 is 0. The quantitative estimate of drug-likeness (QED) is 0.902. The Morgan fingerprint density at radius 2 is 1.80 bits per heavy atom. The fourth-order valence-corrected chi connectivity index (χ4v) is 1.79. The maximum absolute atomic E-state index is 13.5. The van der Waals surface area contributed by atoms with Crippen molar-refractivity contribution in [2.75, 3.05) is 11.9 Å². The van der Waals surface area contributed by atoms with Crippen molar-refractivity contribution in [3.05, 3.63) is 65.2 Å². The topological polar surface area (TPSA) is 55.1 Å². The van der Waals surface area contributed by atoms with Gasteiger partial charge in [-0.05, 0) is 42.8 Å². The number of carbonyl (C=O) groups excluding carboxylic acids is 1. The van der Waals surface area contributed by atoms with Crippen molar-refractivity contribution in [3.8, 4) is 0 Å². The second kappa shape index (κ2) is 6.25. The van der Waals surface area contributed by atoms with Crippen molar-refractivity contribution in [2.45, 2.75) is 6.42 Å². The SMILES string of the molecule is NCCc1ccc(NC(=O)c2ccc(F)cc2F)cc1. The van der Waals surface area contributed by atoms with Crippen LogP contribution in [-0.4, -0.2) is 12.5 Å². The van der Waals surface area contributed by atoms with Crippen molar-refractivity contribution in [1.82, 2.24) is 0 Å². The Morgan fingerprint density at radius 1 is 1.10 bits per heavy atom. The molecule has 2 aromatic rings. The number of carbonyl (C=O) groups is 1. The molecule has 2 aromatic carbocycles. The third kappa shape index (κ3) is 3.39. The summed E-state index contributed by atoms with van der Waals surface area (Å²) in [7, 11) is 0. The first kappa shape index (κ1) is 14.1. The first-order valence-corrected chi connectivity index (χ1v) is 6.15. The van der Waals surface area contributed by atoms with Crippen molar-refractivity contribution in [2.24, 2.45) is 5.73 Å². The summed E-state index contributed by atoms with van der Waals surface area (Å²) in [6.07, 6.45) is 0.751. The number of halogens is 2. The lowest BCUT2D eigenvalue weighted by molar-refractivity contribution is 0.102. The Labute approximate surface area is 115 Å². The number of hydrogen-bond donors (Lipinski definition) is 2. The van der Waals surface area contributed by atoms with E-state index in [9.17, 15) is 13.6 Å². The van der Waals surface area contributed by atoms with E-state index in [1.165, 1.54) is 0 Å². The number of benzene rings is 2. The summed E-state index contributed by atoms with van der Waals surface area (Å²) in [6, 6.07) is 9.94. The van der Waals surface area contributed by atoms with E-state index in [4.69, 9.17) is 5.73 Å². The first-order chi connectivity index (χ1) is 9.60. The van der Waals surface area contributed by atoms with Gasteiger partial charge in [-0.2, -0.15) is 0 Å². The highest BCUT2D eigenvalue weighted by molar-refractivity contribution is 6.04. The molecule has 0 radical (unpaired) electrons. The van der Waals surface area contributed by atoms with Gasteiger partial charge in [0.2, 0.25) is 0 Å². The zero-order valence-corrected chi connectivity index (χ0v) is 10.7. The fourth-order valence-electron chi connectivity index (χ4n) is 1.79. The van der Waals surface area contributed by atoms with E-state index in [1.54, 1.807) is 12.1 Å². The van der Waals surface area contributed by atoms with Crippen LogP contribution >= 0.6 is 0 Å². The normalized spacial score (nSPS) is 10.3. The van der Waals surface area contributed by atoms with Gasteiger partial charge in [0.1, 0.15) is 11.6 Å². The molecule has 0 fully saturated rings. The van der Waals surface area contributed by atoms with Gasteiger partial charge in [-0.3, -0.25) is 4.79 Å². The molecular formula is C15H14F2N2O. The number of rotatable bonds is 4. The fraction of sp³-hybridized carbons (Fsp3) is 0.133. The van der Waals surface area contributed by atoms with Crippen LogP contribution in [0.5, 0.6) is 0 Å². The highest BCUT2D eigenvalue weighted by Crippen LogP contribution is 2.14. The summed E-state index contributed by atoms with van der Waals surface area (Å²) in [6.45, 7) is 0.548. The number of anilines is 1. The smallest absolute Gasteiger partial charge is 0.258 e. The van der Waals surface area contributed by atoms with Crippen LogP contribution in [0.4, 0.5) is 14.5 Å². The van der Waals surface area contributed by atoms with Crippen LogP contribution in [0, 0.1) is 11.6 Å². The van der Waals surface area contributed by atoms with E-state index in [-0.39, 0.29) is 5.56 Å². The Morgan fingerprint density at radius 3 is 2.40 bits per heavy atom. The molecule has 0 spiro atoms. The molecule has 2 rings (SSSR count). The van der Waals surface area contributed by atoms with Gasteiger partial charge in [0.25, 0.3) is 5.91 Å². The zero-order chi connectivity index (χ0) is 14.5. The minimum absolute atomic E-state index is 0.197. The molecule has 104 valence electrons. The van der Waals surface area contributed by atoms with Gasteiger partial charge in [-0.1, -0.05) is 12.1 Å². The lowest BCUT2D eigenvalue weighted by Gasteiger charge is -2.07. The van der Waals surface area contributed by atoms with Gasteiger partial charge in [0.05, 0.1) is 5.56 Å². The molecule has 0 bridgehead atoms. The summed E-state index contributed by atoms with van der Waals surface area (Å²) in [5.41, 5.74) is 6.84. The lowest BCUT2D eigenvalue weighted by Crippen LogP contribution is -2.14. The van der Waals surface area contributed by atoms with E-state index >= 15 is 0 Å². The minimum atomic E-state index is -0.887. The van der Waals surface area contributed by atoms with Crippen LogP contribution in [0.1, 0.15) is 15.9 Å². The Hall–Kier alpha value is -2.27. The van der Waals surface area contributed by atoms with Crippen LogP contribution in [0.15, 0.2) is 42.5 Å². The number of hydrogen-bond acceptors (Lipinski definition) is 2. The van der Waals surface area contributed by atoms with E-state index in [2.05, 4.69) is 5.32 Å². The monoisotopic (exact) mass is 276 g/mol. The van der Waals surface area contributed by atoms with Crippen LogP contribution in [0.3, 0.4) is 0 Å². The van der Waals surface area contributed by atoms with Crippen LogP contribution in [0.25, 0.3) is 0 Å². The molecule has 1 amide bonds. The molecule has 20 heavy (non-hydrogen) atoms. The van der Waals surface area contributed by atoms with E-state index in [1.807, 2.05) is 12.1 Å². The minimum Gasteiger partial charge on any atom is -0.330 e. The molecule has 0 aliphatic carbocycles. The van der Waals surface area contributed by atoms with Gasteiger partial charge in [-0.15, -0.1) is 0 Å². The van der Waals surface area contributed by atoms with Crippen molar-refractivity contribution in [3.63, 3.8) is 0 Å². The molecule has 0 aromatic heterocycles. The largest absolute Gasteiger partial charge is 0.330 e. The Kier molecular flexibility index (Phi) is 4.42. The number of nitrogens with one attached hydrogen (secondary N) is 1. The number of nitrogens with two attached hydrogens (primary N) is 1. The highest BCUT2D eigenvalue weighted by Gasteiger charge is 2.12. The lowest BCUT2D eigenvalue weighted by atomic mass is 10.1. The van der Waals surface area contributed by atoms with Crippen LogP contribution in [-0.2, 0) is 6.42 Å². The molecule has 0 aliphatic rings. The highest BCUT2D eigenvalue weighted by atomic mass is 19.1.